The molecule has 2 heterocycles. The number of carbonyl (C=O) groups is 2. The van der Waals surface area contributed by atoms with Crippen LogP contribution in [0.3, 0.4) is 0 Å². The molecule has 138 valence electrons. The Morgan fingerprint density at radius 2 is 2.12 bits per heavy atom. The van der Waals surface area contributed by atoms with Crippen molar-refractivity contribution in [3.8, 4) is 0 Å². The summed E-state index contributed by atoms with van der Waals surface area (Å²) >= 11 is 7.51. The van der Waals surface area contributed by atoms with E-state index in [0.717, 1.165) is 43.8 Å². The summed E-state index contributed by atoms with van der Waals surface area (Å²) in [6.45, 7) is 3.73. The Morgan fingerprint density at radius 3 is 2.64 bits per heavy atom. The lowest BCUT2D eigenvalue weighted by molar-refractivity contribution is -0.108. The molecule has 3 rings (SSSR count). The van der Waals surface area contributed by atoms with Crippen molar-refractivity contribution in [2.75, 3.05) is 24.6 Å². The molecule has 2 aliphatic rings. The molecule has 0 spiro atoms. The van der Waals surface area contributed by atoms with Crippen LogP contribution in [-0.2, 0) is 9.53 Å². The number of likely N-dealkylation sites (tertiary alicyclic amines) is 1. The maximum absolute atomic E-state index is 11.8. The molecule has 0 N–H and O–H groups in total. The molecular weight excluding hydrogens is 360 g/mol. The molecule has 1 aromatic heterocycles. The van der Waals surface area contributed by atoms with Crippen molar-refractivity contribution < 1.29 is 14.3 Å². The Kier molecular flexibility index (Phi) is 6.23. The van der Waals surface area contributed by atoms with Gasteiger partial charge in [-0.2, -0.15) is 0 Å². The first-order valence-corrected chi connectivity index (χ1v) is 10.2. The molecule has 0 radical (unpaired) electrons. The third-order valence-electron chi connectivity index (χ3n) is 5.17. The predicted octanol–water partition coefficient (Wildman–Crippen LogP) is 4.40. The third-order valence-corrected chi connectivity index (χ3v) is 6.41. The first-order valence-electron chi connectivity index (χ1n) is 9.03. The van der Waals surface area contributed by atoms with E-state index in [9.17, 15) is 9.59 Å². The summed E-state index contributed by atoms with van der Waals surface area (Å²) in [7, 11) is 0. The van der Waals surface area contributed by atoms with Crippen molar-refractivity contribution in [3.05, 3.63) is 16.5 Å². The summed E-state index contributed by atoms with van der Waals surface area (Å²) in [4.78, 5) is 27.3. The molecule has 1 saturated carbocycles. The van der Waals surface area contributed by atoms with Gasteiger partial charge in [0.15, 0.2) is 0 Å². The van der Waals surface area contributed by atoms with Gasteiger partial charge in [0.05, 0.1) is 15.9 Å². The maximum Gasteiger partial charge on any atom is 0.409 e. The lowest BCUT2D eigenvalue weighted by Gasteiger charge is -2.35. The van der Waals surface area contributed by atoms with Gasteiger partial charge in [-0.15, -0.1) is 11.3 Å². The highest BCUT2D eigenvalue weighted by atomic mass is 35.5. The van der Waals surface area contributed by atoms with Crippen LogP contribution in [0.4, 0.5) is 9.80 Å². The minimum atomic E-state index is -0.206. The van der Waals surface area contributed by atoms with E-state index in [0.29, 0.717) is 22.8 Å². The number of amides is 2. The molecule has 25 heavy (non-hydrogen) atoms. The molecule has 2 fully saturated rings. The average molecular weight is 385 g/mol. The normalized spacial score (nSPS) is 19.5. The van der Waals surface area contributed by atoms with Gasteiger partial charge < -0.3 is 14.5 Å². The van der Waals surface area contributed by atoms with Crippen molar-refractivity contribution in [3.63, 3.8) is 0 Å². The molecular formula is C18H25ClN2O3S. The van der Waals surface area contributed by atoms with Crippen LogP contribution in [-0.4, -0.2) is 43.1 Å². The predicted molar refractivity (Wildman–Crippen MR) is 100 cm³/mol. The third kappa shape index (κ3) is 4.67. The molecule has 2 amide bonds. The van der Waals surface area contributed by atoms with E-state index >= 15 is 0 Å². The van der Waals surface area contributed by atoms with E-state index in [1.807, 2.05) is 24.0 Å². The zero-order valence-electron chi connectivity index (χ0n) is 14.5. The second-order valence-corrected chi connectivity index (χ2v) is 8.55. The van der Waals surface area contributed by atoms with Crippen LogP contribution in [0.15, 0.2) is 12.1 Å². The summed E-state index contributed by atoms with van der Waals surface area (Å²) in [6, 6.07) is 4.02. The van der Waals surface area contributed by atoms with E-state index in [-0.39, 0.29) is 12.1 Å². The van der Waals surface area contributed by atoms with Gasteiger partial charge in [-0.3, -0.25) is 4.79 Å². The first kappa shape index (κ1) is 18.5. The van der Waals surface area contributed by atoms with E-state index in [4.69, 9.17) is 16.3 Å². The molecule has 1 aromatic rings. The molecule has 1 aliphatic carbocycles. The Balaban J connectivity index is 1.59. The number of anilines is 1. The van der Waals surface area contributed by atoms with Gasteiger partial charge in [-0.1, -0.05) is 11.6 Å². The Hall–Kier alpha value is -1.27. The van der Waals surface area contributed by atoms with E-state index < -0.39 is 0 Å². The van der Waals surface area contributed by atoms with Gasteiger partial charge in [0.1, 0.15) is 0 Å². The van der Waals surface area contributed by atoms with Crippen LogP contribution in [0.5, 0.6) is 0 Å². The standard InChI is InChI=1S/C18H25ClN2O3S/c1-2-24-18(23)20-9-7-13(8-10-20)11-15(14-3-4-14)21(12-22)17-6-5-16(19)25-17/h5-6,12-15H,2-4,7-11H2,1H3. The number of halogens is 1. The Bertz CT molecular complexity index is 597. The summed E-state index contributed by atoms with van der Waals surface area (Å²) in [5, 5.41) is 0.931. The fourth-order valence-electron chi connectivity index (χ4n) is 3.66. The number of rotatable bonds is 7. The highest BCUT2D eigenvalue weighted by molar-refractivity contribution is 7.20. The lowest BCUT2D eigenvalue weighted by Crippen LogP contribution is -2.42. The second-order valence-electron chi connectivity index (χ2n) is 6.86. The highest BCUT2D eigenvalue weighted by Crippen LogP contribution is 2.42. The van der Waals surface area contributed by atoms with Crippen LogP contribution in [0.25, 0.3) is 0 Å². The number of hydrogen-bond acceptors (Lipinski definition) is 4. The Labute approximate surface area is 157 Å². The van der Waals surface area contributed by atoms with Gasteiger partial charge >= 0.3 is 6.09 Å². The summed E-state index contributed by atoms with van der Waals surface area (Å²) < 4.78 is 5.79. The topological polar surface area (TPSA) is 49.9 Å². The van der Waals surface area contributed by atoms with Gasteiger partial charge in [0.25, 0.3) is 0 Å². The largest absolute Gasteiger partial charge is 0.450 e. The number of thiophene rings is 1. The average Bonchev–Trinajstić information content (AvgIpc) is 3.37. The van der Waals surface area contributed by atoms with Crippen molar-refractivity contribution >= 4 is 40.4 Å². The zero-order valence-corrected chi connectivity index (χ0v) is 16.1. The molecule has 7 heteroatoms. The van der Waals surface area contributed by atoms with E-state index in [1.165, 1.54) is 24.2 Å². The minimum Gasteiger partial charge on any atom is -0.450 e. The molecule has 0 aromatic carbocycles. The maximum atomic E-state index is 11.8. The first-order chi connectivity index (χ1) is 12.1. The molecule has 5 nitrogen and oxygen atoms in total. The molecule has 1 saturated heterocycles. The van der Waals surface area contributed by atoms with Gasteiger partial charge in [0, 0.05) is 19.1 Å². The van der Waals surface area contributed by atoms with Crippen LogP contribution in [0.2, 0.25) is 4.34 Å². The van der Waals surface area contributed by atoms with E-state index in [1.54, 1.807) is 4.90 Å². The zero-order chi connectivity index (χ0) is 17.8. The highest BCUT2D eigenvalue weighted by Gasteiger charge is 2.38. The molecule has 1 atom stereocenters. The minimum absolute atomic E-state index is 0.206. The number of ether oxygens (including phenoxy) is 1. The van der Waals surface area contributed by atoms with Crippen LogP contribution in [0.1, 0.15) is 39.0 Å². The summed E-state index contributed by atoms with van der Waals surface area (Å²) in [5.74, 6) is 1.13. The van der Waals surface area contributed by atoms with Crippen LogP contribution in [0, 0.1) is 11.8 Å². The smallest absolute Gasteiger partial charge is 0.409 e. The number of hydrogen-bond donors (Lipinski definition) is 0. The van der Waals surface area contributed by atoms with Crippen molar-refractivity contribution in [1.82, 2.24) is 4.90 Å². The van der Waals surface area contributed by atoms with Gasteiger partial charge in [-0.05, 0) is 63.0 Å². The fourth-order valence-corrected chi connectivity index (χ4v) is 4.71. The number of carbonyl (C=O) groups excluding carboxylic acids is 2. The Morgan fingerprint density at radius 1 is 1.40 bits per heavy atom. The summed E-state index contributed by atoms with van der Waals surface area (Å²) in [6.07, 6.45) is 6.07. The van der Waals surface area contributed by atoms with Crippen LogP contribution < -0.4 is 4.90 Å². The van der Waals surface area contributed by atoms with Crippen molar-refractivity contribution in [2.45, 2.75) is 45.1 Å². The summed E-state index contributed by atoms with van der Waals surface area (Å²) in [5.41, 5.74) is 0. The molecule has 1 unspecified atom stereocenters. The number of piperidine rings is 1. The van der Waals surface area contributed by atoms with Gasteiger partial charge in [-0.25, -0.2) is 4.79 Å². The SMILES string of the molecule is CCOC(=O)N1CCC(CC(C2CC2)N(C=O)c2ccc(Cl)s2)CC1. The molecule has 0 bridgehead atoms. The van der Waals surface area contributed by atoms with Gasteiger partial charge in [0.2, 0.25) is 6.41 Å². The quantitative estimate of drug-likeness (QED) is 0.654. The van der Waals surface area contributed by atoms with Crippen molar-refractivity contribution in [2.24, 2.45) is 11.8 Å². The monoisotopic (exact) mass is 384 g/mol. The second kappa shape index (κ2) is 8.41. The van der Waals surface area contributed by atoms with E-state index in [2.05, 4.69) is 0 Å². The van der Waals surface area contributed by atoms with Crippen LogP contribution >= 0.6 is 22.9 Å². The fraction of sp³-hybridized carbons (Fsp3) is 0.667. The molecule has 1 aliphatic heterocycles. The lowest BCUT2D eigenvalue weighted by atomic mass is 9.88. The number of nitrogens with zero attached hydrogens (tertiary/aromatic N) is 2. The van der Waals surface area contributed by atoms with Crippen molar-refractivity contribution in [1.29, 1.82) is 0 Å².